The van der Waals surface area contributed by atoms with Gasteiger partial charge in [-0.1, -0.05) is 6.07 Å². The van der Waals surface area contributed by atoms with Crippen molar-refractivity contribution >= 4 is 17.8 Å². The highest BCUT2D eigenvalue weighted by molar-refractivity contribution is 5.99. The van der Waals surface area contributed by atoms with Crippen LogP contribution in [0.2, 0.25) is 0 Å². The van der Waals surface area contributed by atoms with Crippen molar-refractivity contribution in [3.05, 3.63) is 84.6 Å². The lowest BCUT2D eigenvalue weighted by Crippen LogP contribution is -2.38. The first-order chi connectivity index (χ1) is 18.4. The van der Waals surface area contributed by atoms with E-state index in [1.807, 2.05) is 61.7 Å². The molecule has 0 saturated carbocycles. The third-order valence-corrected chi connectivity index (χ3v) is 6.01. The van der Waals surface area contributed by atoms with Gasteiger partial charge in [0.25, 0.3) is 5.91 Å². The van der Waals surface area contributed by atoms with Crippen molar-refractivity contribution in [1.29, 1.82) is 0 Å². The van der Waals surface area contributed by atoms with Crippen molar-refractivity contribution in [3.8, 4) is 34.2 Å². The number of hydrogen-bond acceptors (Lipinski definition) is 6. The SMILES string of the molecule is CCN(CC(=O)Nc1nc(-c2ccc(OC)cc2)cn1-c1ccc(OC)cc1)C(=O)c1cccc(OC)c1. The molecular weight excluding hydrogens is 484 g/mol. The molecule has 4 rings (SSSR count). The monoisotopic (exact) mass is 514 g/mol. The molecule has 4 aromatic rings. The van der Waals surface area contributed by atoms with E-state index in [2.05, 4.69) is 5.32 Å². The molecule has 1 N–H and O–H groups in total. The lowest BCUT2D eigenvalue weighted by Gasteiger charge is -2.20. The zero-order valence-electron chi connectivity index (χ0n) is 21.8. The Morgan fingerprint density at radius 3 is 2.11 bits per heavy atom. The third kappa shape index (κ3) is 5.95. The van der Waals surface area contributed by atoms with E-state index < -0.39 is 0 Å². The number of anilines is 1. The number of benzene rings is 3. The summed E-state index contributed by atoms with van der Waals surface area (Å²) in [6, 6.07) is 21.8. The van der Waals surface area contributed by atoms with Gasteiger partial charge in [-0.2, -0.15) is 0 Å². The number of rotatable bonds is 10. The van der Waals surface area contributed by atoms with E-state index in [0.29, 0.717) is 35.2 Å². The van der Waals surface area contributed by atoms with E-state index in [1.165, 1.54) is 4.90 Å². The molecule has 1 heterocycles. The molecular formula is C29H30N4O5. The maximum absolute atomic E-state index is 13.1. The fourth-order valence-electron chi connectivity index (χ4n) is 3.91. The van der Waals surface area contributed by atoms with E-state index in [4.69, 9.17) is 19.2 Å². The normalized spacial score (nSPS) is 10.5. The molecule has 3 aromatic carbocycles. The second kappa shape index (κ2) is 12.0. The Bertz CT molecular complexity index is 1400. The molecule has 2 amide bonds. The molecule has 0 fully saturated rings. The largest absolute Gasteiger partial charge is 0.497 e. The molecule has 9 heteroatoms. The number of carbonyl (C=O) groups is 2. The molecule has 0 aliphatic rings. The molecule has 0 spiro atoms. The van der Waals surface area contributed by atoms with Gasteiger partial charge in [-0.15, -0.1) is 0 Å². The summed E-state index contributed by atoms with van der Waals surface area (Å²) in [7, 11) is 4.76. The Labute approximate surface area is 221 Å². The van der Waals surface area contributed by atoms with Gasteiger partial charge in [0.15, 0.2) is 0 Å². The first-order valence-electron chi connectivity index (χ1n) is 12.1. The number of likely N-dealkylation sites (N-methyl/N-ethyl adjacent to an activating group) is 1. The third-order valence-electron chi connectivity index (χ3n) is 6.01. The summed E-state index contributed by atoms with van der Waals surface area (Å²) >= 11 is 0. The van der Waals surface area contributed by atoms with E-state index in [-0.39, 0.29) is 18.4 Å². The molecule has 0 aliphatic carbocycles. The predicted octanol–water partition coefficient (Wildman–Crippen LogP) is 4.67. The molecule has 9 nitrogen and oxygen atoms in total. The average Bonchev–Trinajstić information content (AvgIpc) is 3.39. The lowest BCUT2D eigenvalue weighted by molar-refractivity contribution is -0.116. The fourth-order valence-corrected chi connectivity index (χ4v) is 3.91. The zero-order chi connectivity index (χ0) is 27.1. The van der Waals surface area contributed by atoms with Gasteiger partial charge in [0.1, 0.15) is 23.8 Å². The smallest absolute Gasteiger partial charge is 0.254 e. The highest BCUT2D eigenvalue weighted by Gasteiger charge is 2.20. The molecule has 196 valence electrons. The predicted molar refractivity (Wildman–Crippen MR) is 145 cm³/mol. The first kappa shape index (κ1) is 26.3. The van der Waals surface area contributed by atoms with Crippen LogP contribution in [0.1, 0.15) is 17.3 Å². The van der Waals surface area contributed by atoms with Gasteiger partial charge in [-0.3, -0.25) is 19.5 Å². The number of aromatic nitrogens is 2. The standard InChI is InChI=1S/C29H30N4O5/c1-5-32(28(35)21-7-6-8-25(17-21)38-4)19-27(34)31-29-30-26(20-9-13-23(36-2)14-10-20)18-33(29)22-11-15-24(37-3)16-12-22/h6-18H,5,19H2,1-4H3,(H,30,31,34). The van der Waals surface area contributed by atoms with Crippen LogP contribution < -0.4 is 19.5 Å². The number of hydrogen-bond donors (Lipinski definition) is 1. The maximum Gasteiger partial charge on any atom is 0.254 e. The van der Waals surface area contributed by atoms with Crippen molar-refractivity contribution in [2.45, 2.75) is 6.92 Å². The van der Waals surface area contributed by atoms with Crippen LogP contribution in [-0.4, -0.2) is 60.7 Å². The number of imidazole rings is 1. The Hall–Kier alpha value is -4.79. The number of amides is 2. The molecule has 0 unspecified atom stereocenters. The number of carbonyl (C=O) groups excluding carboxylic acids is 2. The van der Waals surface area contributed by atoms with E-state index in [9.17, 15) is 9.59 Å². The van der Waals surface area contributed by atoms with Crippen molar-refractivity contribution in [1.82, 2.24) is 14.5 Å². The Balaban J connectivity index is 1.60. The molecule has 38 heavy (non-hydrogen) atoms. The van der Waals surface area contributed by atoms with Crippen LogP contribution in [0.4, 0.5) is 5.95 Å². The number of nitrogens with one attached hydrogen (secondary N) is 1. The molecule has 0 atom stereocenters. The quantitative estimate of drug-likeness (QED) is 0.331. The Morgan fingerprint density at radius 2 is 1.50 bits per heavy atom. The summed E-state index contributed by atoms with van der Waals surface area (Å²) in [5.74, 6) is 1.71. The van der Waals surface area contributed by atoms with E-state index >= 15 is 0 Å². The first-order valence-corrected chi connectivity index (χ1v) is 12.1. The van der Waals surface area contributed by atoms with E-state index in [0.717, 1.165) is 17.0 Å². The molecule has 0 saturated heterocycles. The molecule has 1 aromatic heterocycles. The summed E-state index contributed by atoms with van der Waals surface area (Å²) in [4.78, 5) is 32.4. The summed E-state index contributed by atoms with van der Waals surface area (Å²) in [6.45, 7) is 2.04. The Kier molecular flexibility index (Phi) is 8.27. The molecule has 0 radical (unpaired) electrons. The fraction of sp³-hybridized carbons (Fsp3) is 0.207. The van der Waals surface area contributed by atoms with Gasteiger partial charge in [0, 0.05) is 29.6 Å². The van der Waals surface area contributed by atoms with Crippen LogP contribution in [0.3, 0.4) is 0 Å². The summed E-state index contributed by atoms with van der Waals surface area (Å²) < 4.78 is 17.5. The number of ether oxygens (including phenoxy) is 3. The van der Waals surface area contributed by atoms with Gasteiger partial charge in [-0.25, -0.2) is 4.98 Å². The topological polar surface area (TPSA) is 94.9 Å². The minimum atomic E-state index is -0.371. The van der Waals surface area contributed by atoms with Crippen LogP contribution in [0.25, 0.3) is 16.9 Å². The van der Waals surface area contributed by atoms with Crippen molar-refractivity contribution < 1.29 is 23.8 Å². The number of nitrogens with zero attached hydrogens (tertiary/aromatic N) is 3. The van der Waals surface area contributed by atoms with Crippen LogP contribution >= 0.6 is 0 Å². The second-order valence-electron chi connectivity index (χ2n) is 8.35. The van der Waals surface area contributed by atoms with Gasteiger partial charge in [0.2, 0.25) is 11.9 Å². The van der Waals surface area contributed by atoms with Gasteiger partial charge < -0.3 is 19.1 Å². The highest BCUT2D eigenvalue weighted by Crippen LogP contribution is 2.27. The second-order valence-corrected chi connectivity index (χ2v) is 8.35. The van der Waals surface area contributed by atoms with Crippen LogP contribution in [0, 0.1) is 0 Å². The average molecular weight is 515 g/mol. The van der Waals surface area contributed by atoms with Crippen molar-refractivity contribution in [2.75, 3.05) is 39.7 Å². The van der Waals surface area contributed by atoms with Crippen molar-refractivity contribution in [3.63, 3.8) is 0 Å². The van der Waals surface area contributed by atoms with Crippen molar-refractivity contribution in [2.24, 2.45) is 0 Å². The van der Waals surface area contributed by atoms with Gasteiger partial charge in [-0.05, 0) is 73.7 Å². The lowest BCUT2D eigenvalue weighted by atomic mass is 10.1. The summed E-state index contributed by atoms with van der Waals surface area (Å²) in [5.41, 5.74) is 2.75. The highest BCUT2D eigenvalue weighted by atomic mass is 16.5. The minimum Gasteiger partial charge on any atom is -0.497 e. The Morgan fingerprint density at radius 1 is 0.868 bits per heavy atom. The summed E-state index contributed by atoms with van der Waals surface area (Å²) in [5, 5.41) is 2.88. The summed E-state index contributed by atoms with van der Waals surface area (Å²) in [6.07, 6.45) is 1.85. The van der Waals surface area contributed by atoms with Crippen LogP contribution in [0.5, 0.6) is 17.2 Å². The molecule has 0 aliphatic heterocycles. The van der Waals surface area contributed by atoms with Crippen LogP contribution in [0.15, 0.2) is 79.0 Å². The van der Waals surface area contributed by atoms with Gasteiger partial charge in [0.05, 0.1) is 27.0 Å². The minimum absolute atomic E-state index is 0.139. The molecule has 0 bridgehead atoms. The van der Waals surface area contributed by atoms with E-state index in [1.54, 1.807) is 50.2 Å². The zero-order valence-corrected chi connectivity index (χ0v) is 21.8. The maximum atomic E-state index is 13.1. The number of methoxy groups -OCH3 is 3. The van der Waals surface area contributed by atoms with Gasteiger partial charge >= 0.3 is 0 Å². The van der Waals surface area contributed by atoms with Crippen LogP contribution in [-0.2, 0) is 4.79 Å².